The maximum atomic E-state index is 10.2. The number of pyridine rings is 1. The molecule has 7 nitrogen and oxygen atoms in total. The normalized spacial score (nSPS) is 11.3. The first-order chi connectivity index (χ1) is 8.02. The van der Waals surface area contributed by atoms with Crippen molar-refractivity contribution >= 4 is 17.6 Å². The smallest absolute Gasteiger partial charge is 0.269 e. The number of hydrogen-bond acceptors (Lipinski definition) is 3. The number of aromatic nitrogens is 1. The Morgan fingerprint density at radius 1 is 1.71 bits per heavy atom. The van der Waals surface area contributed by atoms with E-state index in [4.69, 9.17) is 17.3 Å². The van der Waals surface area contributed by atoms with Crippen LogP contribution in [0.1, 0.15) is 12.5 Å². The predicted octanol–water partition coefficient (Wildman–Crippen LogP) is 1.06. The minimum atomic E-state index is -0.821. The topological polar surface area (TPSA) is 97.7 Å². The summed E-state index contributed by atoms with van der Waals surface area (Å²) in [7, 11) is 0. The van der Waals surface area contributed by atoms with Crippen molar-refractivity contribution < 1.29 is 5.03 Å². The van der Waals surface area contributed by atoms with Crippen LogP contribution >= 0.6 is 11.6 Å². The lowest BCUT2D eigenvalue weighted by molar-refractivity contribution is -0.485. The highest BCUT2D eigenvalue weighted by Crippen LogP contribution is 2.07. The highest BCUT2D eigenvalue weighted by Gasteiger charge is 2.10. The fourth-order valence-electron chi connectivity index (χ4n) is 1.22. The van der Waals surface area contributed by atoms with Gasteiger partial charge in [-0.15, -0.1) is 0 Å². The fourth-order valence-corrected chi connectivity index (χ4v) is 1.33. The molecule has 0 saturated heterocycles. The van der Waals surface area contributed by atoms with Gasteiger partial charge in [0.2, 0.25) is 0 Å². The summed E-state index contributed by atoms with van der Waals surface area (Å²) in [6, 6.07) is 3.42. The van der Waals surface area contributed by atoms with E-state index in [2.05, 4.69) is 10.1 Å². The number of halogens is 1. The molecule has 2 N–H and O–H groups in total. The third-order valence-electron chi connectivity index (χ3n) is 2.05. The predicted molar refractivity (Wildman–Crippen MR) is 63.9 cm³/mol. The van der Waals surface area contributed by atoms with Gasteiger partial charge in [0.1, 0.15) is 10.3 Å². The van der Waals surface area contributed by atoms with Crippen molar-refractivity contribution in [2.75, 3.05) is 6.54 Å². The van der Waals surface area contributed by atoms with E-state index in [1.54, 1.807) is 23.2 Å². The van der Waals surface area contributed by atoms with E-state index < -0.39 is 5.03 Å². The molecule has 0 bridgehead atoms. The summed E-state index contributed by atoms with van der Waals surface area (Å²) in [5, 5.41) is 12.8. The average Bonchev–Trinajstić information content (AvgIpc) is 2.27. The van der Waals surface area contributed by atoms with E-state index in [1.807, 2.05) is 6.92 Å². The minimum Gasteiger partial charge on any atom is -0.365 e. The molecule has 17 heavy (non-hydrogen) atoms. The second-order valence-corrected chi connectivity index (χ2v) is 3.59. The van der Waals surface area contributed by atoms with Crippen LogP contribution in [-0.4, -0.2) is 27.4 Å². The molecule has 92 valence electrons. The van der Waals surface area contributed by atoms with Crippen molar-refractivity contribution in [2.24, 2.45) is 10.8 Å². The van der Waals surface area contributed by atoms with Gasteiger partial charge in [-0.3, -0.25) is 0 Å². The van der Waals surface area contributed by atoms with Crippen LogP contribution < -0.4 is 5.73 Å². The summed E-state index contributed by atoms with van der Waals surface area (Å²) >= 11 is 5.65. The molecule has 0 aliphatic rings. The van der Waals surface area contributed by atoms with Crippen molar-refractivity contribution in [3.05, 3.63) is 39.2 Å². The molecule has 0 saturated carbocycles. The number of rotatable bonds is 4. The third kappa shape index (κ3) is 4.23. The Kier molecular flexibility index (Phi) is 4.65. The van der Waals surface area contributed by atoms with Gasteiger partial charge in [0.15, 0.2) is 5.03 Å². The second-order valence-electron chi connectivity index (χ2n) is 3.20. The Morgan fingerprint density at radius 3 is 2.88 bits per heavy atom. The number of hydrogen-bond donors (Lipinski definition) is 1. The van der Waals surface area contributed by atoms with Crippen LogP contribution in [0.3, 0.4) is 0 Å². The Hall–Kier alpha value is -1.89. The van der Waals surface area contributed by atoms with E-state index in [0.29, 0.717) is 18.2 Å². The summed E-state index contributed by atoms with van der Waals surface area (Å²) in [6.45, 7) is 2.72. The Morgan fingerprint density at radius 2 is 2.41 bits per heavy atom. The van der Waals surface area contributed by atoms with Gasteiger partial charge >= 0.3 is 0 Å². The molecule has 1 aromatic rings. The first kappa shape index (κ1) is 13.2. The van der Waals surface area contributed by atoms with Crippen LogP contribution in [0, 0.1) is 10.1 Å². The summed E-state index contributed by atoms with van der Waals surface area (Å²) < 4.78 is 0. The molecule has 0 unspecified atom stereocenters. The standard InChI is InChI=1S/C9H12ClN5O2/c1-2-14(9(11)13-15(16)17)6-7-3-4-8(10)12-5-7/h3-5H,2,6H2,1H3,(H2,11,13). The maximum Gasteiger partial charge on any atom is 0.269 e. The number of nitrogens with zero attached hydrogens (tertiary/aromatic N) is 4. The average molecular weight is 258 g/mol. The molecule has 0 aliphatic heterocycles. The number of hydrazone groups is 1. The van der Waals surface area contributed by atoms with Gasteiger partial charge in [-0.25, -0.2) is 15.1 Å². The van der Waals surface area contributed by atoms with Crippen molar-refractivity contribution in [3.63, 3.8) is 0 Å². The highest BCUT2D eigenvalue weighted by atomic mass is 35.5. The molecule has 0 fully saturated rings. The molecule has 0 aromatic carbocycles. The molecule has 1 aromatic heterocycles. The van der Waals surface area contributed by atoms with E-state index >= 15 is 0 Å². The number of guanidine groups is 1. The van der Waals surface area contributed by atoms with Crippen molar-refractivity contribution in [1.82, 2.24) is 9.88 Å². The SMILES string of the molecule is CCN(Cc1ccc(Cl)nc1)/C(N)=N/[N+](=O)[O-]. The van der Waals surface area contributed by atoms with Gasteiger partial charge in [0, 0.05) is 19.3 Å². The van der Waals surface area contributed by atoms with Crippen LogP contribution in [0.15, 0.2) is 23.4 Å². The molecule has 8 heteroatoms. The summed E-state index contributed by atoms with van der Waals surface area (Å²) in [4.78, 5) is 15.7. The summed E-state index contributed by atoms with van der Waals surface area (Å²) in [5.74, 6) is -0.132. The first-order valence-corrected chi connectivity index (χ1v) is 5.24. The van der Waals surface area contributed by atoms with E-state index in [-0.39, 0.29) is 5.96 Å². The second kappa shape index (κ2) is 6.00. The zero-order valence-electron chi connectivity index (χ0n) is 9.21. The van der Waals surface area contributed by atoms with Crippen LogP contribution in [-0.2, 0) is 6.54 Å². The Bertz CT molecular complexity index is 420. The monoisotopic (exact) mass is 257 g/mol. The Balaban J connectivity index is 2.76. The molecule has 0 atom stereocenters. The van der Waals surface area contributed by atoms with Crippen LogP contribution in [0.5, 0.6) is 0 Å². The molecule has 0 spiro atoms. The van der Waals surface area contributed by atoms with Crippen molar-refractivity contribution in [3.8, 4) is 0 Å². The van der Waals surface area contributed by atoms with Crippen LogP contribution in [0.2, 0.25) is 5.15 Å². The Labute approximate surface area is 103 Å². The maximum absolute atomic E-state index is 10.2. The zero-order chi connectivity index (χ0) is 12.8. The quantitative estimate of drug-likeness (QED) is 0.286. The fraction of sp³-hybridized carbons (Fsp3) is 0.333. The lowest BCUT2D eigenvalue weighted by atomic mass is 10.2. The molecule has 1 rings (SSSR count). The van der Waals surface area contributed by atoms with Crippen LogP contribution in [0.4, 0.5) is 0 Å². The number of nitrogens with two attached hydrogens (primary N) is 1. The van der Waals surface area contributed by atoms with E-state index in [0.717, 1.165) is 5.56 Å². The van der Waals surface area contributed by atoms with Crippen molar-refractivity contribution in [2.45, 2.75) is 13.5 Å². The molecular weight excluding hydrogens is 246 g/mol. The zero-order valence-corrected chi connectivity index (χ0v) is 9.96. The van der Waals surface area contributed by atoms with E-state index in [9.17, 15) is 10.1 Å². The van der Waals surface area contributed by atoms with Crippen LogP contribution in [0.25, 0.3) is 0 Å². The van der Waals surface area contributed by atoms with Crippen molar-refractivity contribution in [1.29, 1.82) is 0 Å². The number of nitro groups is 1. The summed E-state index contributed by atoms with van der Waals surface area (Å²) in [5.41, 5.74) is 6.34. The molecule has 0 amide bonds. The molecule has 1 heterocycles. The summed E-state index contributed by atoms with van der Waals surface area (Å²) in [6.07, 6.45) is 1.59. The first-order valence-electron chi connectivity index (χ1n) is 4.86. The highest BCUT2D eigenvalue weighted by molar-refractivity contribution is 6.29. The van der Waals surface area contributed by atoms with Gasteiger partial charge < -0.3 is 10.6 Å². The molecular formula is C9H12ClN5O2. The van der Waals surface area contributed by atoms with Gasteiger partial charge in [-0.2, -0.15) is 0 Å². The largest absolute Gasteiger partial charge is 0.365 e. The molecule has 0 radical (unpaired) electrons. The van der Waals surface area contributed by atoms with Gasteiger partial charge in [-0.05, 0) is 18.6 Å². The van der Waals surface area contributed by atoms with E-state index in [1.165, 1.54) is 0 Å². The lowest BCUT2D eigenvalue weighted by Crippen LogP contribution is -2.37. The third-order valence-corrected chi connectivity index (χ3v) is 2.28. The lowest BCUT2D eigenvalue weighted by Gasteiger charge is -2.19. The van der Waals surface area contributed by atoms with Gasteiger partial charge in [0.25, 0.3) is 5.96 Å². The minimum absolute atomic E-state index is 0.132. The van der Waals surface area contributed by atoms with Gasteiger partial charge in [-0.1, -0.05) is 17.7 Å². The van der Waals surface area contributed by atoms with Gasteiger partial charge in [0.05, 0.1) is 0 Å². The molecule has 0 aliphatic carbocycles.